The number of carbonyl (C=O) groups is 2. The van der Waals surface area contributed by atoms with Crippen molar-refractivity contribution in [1.82, 2.24) is 20.2 Å². The van der Waals surface area contributed by atoms with Crippen LogP contribution >= 0.6 is 0 Å². The minimum absolute atomic E-state index is 0.000220. The van der Waals surface area contributed by atoms with Crippen LogP contribution in [0.25, 0.3) is 0 Å². The number of anilines is 1. The summed E-state index contributed by atoms with van der Waals surface area (Å²) in [5, 5.41) is 34.6. The second-order valence-electron chi connectivity index (χ2n) is 7.65. The quantitative estimate of drug-likeness (QED) is 0.253. The van der Waals surface area contributed by atoms with Crippen molar-refractivity contribution in [3.8, 4) is 0 Å². The maximum atomic E-state index is 12.6. The predicted molar refractivity (Wildman–Crippen MR) is 117 cm³/mol. The topological polar surface area (TPSA) is 198 Å². The van der Waals surface area contributed by atoms with E-state index in [1.807, 2.05) is 6.07 Å². The number of rotatable bonds is 8. The molecule has 13 nitrogen and oxygen atoms in total. The molecule has 2 heterocycles. The summed E-state index contributed by atoms with van der Waals surface area (Å²) in [6.07, 6.45) is -3.09. The number of nitrogen functional groups attached to an aromatic ring is 1. The molecule has 13 heteroatoms. The van der Waals surface area contributed by atoms with Gasteiger partial charge in [-0.2, -0.15) is 4.98 Å². The lowest BCUT2D eigenvalue weighted by atomic mass is 9.98. The summed E-state index contributed by atoms with van der Waals surface area (Å²) in [5.41, 5.74) is 5.47. The molecule has 1 fully saturated rings. The number of nitrogens with zero attached hydrogens (tertiary/aromatic N) is 2. The van der Waals surface area contributed by atoms with Gasteiger partial charge in [-0.25, -0.2) is 9.59 Å². The molecule has 184 valence electrons. The van der Waals surface area contributed by atoms with Crippen molar-refractivity contribution in [3.63, 3.8) is 0 Å². The van der Waals surface area contributed by atoms with Crippen molar-refractivity contribution in [3.05, 3.63) is 58.6 Å². The van der Waals surface area contributed by atoms with E-state index in [2.05, 4.69) is 15.6 Å². The molecule has 0 radical (unpaired) electrons. The van der Waals surface area contributed by atoms with Gasteiger partial charge in [-0.1, -0.05) is 30.3 Å². The molecule has 5 atom stereocenters. The van der Waals surface area contributed by atoms with Gasteiger partial charge in [0.2, 0.25) is 5.91 Å². The number of aliphatic hydroxyl groups is 3. The van der Waals surface area contributed by atoms with Crippen molar-refractivity contribution >= 4 is 17.8 Å². The Labute approximate surface area is 194 Å². The molecule has 7 N–H and O–H groups in total. The number of ether oxygens (including phenoxy) is 2. The molecule has 0 spiro atoms. The maximum absolute atomic E-state index is 12.6. The summed E-state index contributed by atoms with van der Waals surface area (Å²) < 4.78 is 11.7. The first-order valence-electron chi connectivity index (χ1n) is 10.5. The fraction of sp³-hybridized carbons (Fsp3) is 0.429. The summed E-state index contributed by atoms with van der Waals surface area (Å²) in [4.78, 5) is 40.3. The summed E-state index contributed by atoms with van der Waals surface area (Å²) in [6, 6.07) is 8.03. The molecular formula is C21H27N5O8. The minimum Gasteiger partial charge on any atom is -0.445 e. The lowest BCUT2D eigenvalue weighted by molar-refractivity contribution is -0.179. The summed E-state index contributed by atoms with van der Waals surface area (Å²) >= 11 is 0. The summed E-state index contributed by atoms with van der Waals surface area (Å²) in [6.45, 7) is -1.29. The standard InChI is InChI=1S/C21H27N5O8/c22-17-6-7-26(20(31)25-17)19-15(29)8-13(16(10-28)34-19)23-18(30)14(9-27)24-21(32)33-11-12-4-2-1-3-5-12/h1-7,13-16,19,27-29H,8-11H2,(H,23,30)(H,24,32)(H2,22,25,31)/t13-,14?,15+,16+,19+/m0/s1. The smallest absolute Gasteiger partial charge is 0.408 e. The zero-order valence-corrected chi connectivity index (χ0v) is 18.1. The molecule has 3 rings (SSSR count). The molecule has 2 amide bonds. The van der Waals surface area contributed by atoms with Crippen LogP contribution in [0.3, 0.4) is 0 Å². The van der Waals surface area contributed by atoms with Gasteiger partial charge in [-0.05, 0) is 11.6 Å². The van der Waals surface area contributed by atoms with Gasteiger partial charge < -0.3 is 41.2 Å². The van der Waals surface area contributed by atoms with Gasteiger partial charge in [0.15, 0.2) is 6.23 Å². The number of aliphatic hydroxyl groups excluding tert-OH is 3. The third kappa shape index (κ3) is 6.29. The number of benzene rings is 1. The Hall–Kier alpha value is -3.52. The van der Waals surface area contributed by atoms with Gasteiger partial charge in [0.1, 0.15) is 30.7 Å². The predicted octanol–water partition coefficient (Wildman–Crippen LogP) is -1.76. The second kappa shape index (κ2) is 11.6. The second-order valence-corrected chi connectivity index (χ2v) is 7.65. The Morgan fingerprint density at radius 2 is 2.00 bits per heavy atom. The van der Waals surface area contributed by atoms with Gasteiger partial charge in [-0.15, -0.1) is 0 Å². The highest BCUT2D eigenvalue weighted by Gasteiger charge is 2.40. The zero-order valence-electron chi connectivity index (χ0n) is 18.1. The molecule has 1 aromatic heterocycles. The van der Waals surface area contributed by atoms with E-state index in [1.54, 1.807) is 24.3 Å². The number of carbonyl (C=O) groups excluding carboxylic acids is 2. The third-order valence-electron chi connectivity index (χ3n) is 5.22. The van der Waals surface area contributed by atoms with E-state index >= 15 is 0 Å². The van der Waals surface area contributed by atoms with Crippen molar-refractivity contribution < 1.29 is 34.4 Å². The molecule has 0 saturated carbocycles. The monoisotopic (exact) mass is 477 g/mol. The summed E-state index contributed by atoms with van der Waals surface area (Å²) in [7, 11) is 0. The van der Waals surface area contributed by atoms with Gasteiger partial charge in [-0.3, -0.25) is 9.36 Å². The van der Waals surface area contributed by atoms with Crippen LogP contribution in [0.5, 0.6) is 0 Å². The van der Waals surface area contributed by atoms with Crippen LogP contribution in [-0.4, -0.2) is 74.4 Å². The molecule has 1 aliphatic rings. The molecule has 1 aliphatic heterocycles. The average Bonchev–Trinajstić information content (AvgIpc) is 2.82. The van der Waals surface area contributed by atoms with Crippen LogP contribution in [0.1, 0.15) is 18.2 Å². The molecule has 1 unspecified atom stereocenters. The molecular weight excluding hydrogens is 450 g/mol. The highest BCUT2D eigenvalue weighted by molar-refractivity contribution is 5.86. The van der Waals surface area contributed by atoms with Crippen LogP contribution in [-0.2, 0) is 20.9 Å². The van der Waals surface area contributed by atoms with E-state index in [9.17, 15) is 29.7 Å². The van der Waals surface area contributed by atoms with Crippen LogP contribution in [0.15, 0.2) is 47.4 Å². The Bertz CT molecular complexity index is 1030. The van der Waals surface area contributed by atoms with E-state index in [0.29, 0.717) is 0 Å². The van der Waals surface area contributed by atoms with Crippen molar-refractivity contribution in [2.75, 3.05) is 18.9 Å². The van der Waals surface area contributed by atoms with E-state index in [-0.39, 0.29) is 18.8 Å². The first-order chi connectivity index (χ1) is 16.3. The average molecular weight is 477 g/mol. The number of hydrogen-bond donors (Lipinski definition) is 6. The number of nitrogens with one attached hydrogen (secondary N) is 2. The van der Waals surface area contributed by atoms with Crippen LogP contribution in [0.4, 0.5) is 10.6 Å². The van der Waals surface area contributed by atoms with Gasteiger partial charge in [0.25, 0.3) is 0 Å². The maximum Gasteiger partial charge on any atom is 0.408 e. The van der Waals surface area contributed by atoms with Gasteiger partial charge in [0, 0.05) is 12.6 Å². The van der Waals surface area contributed by atoms with Crippen molar-refractivity contribution in [2.24, 2.45) is 0 Å². The number of alkyl carbamates (subject to hydrolysis) is 1. The highest BCUT2D eigenvalue weighted by atomic mass is 16.5. The fourth-order valence-electron chi connectivity index (χ4n) is 3.47. The molecule has 2 aromatic rings. The molecule has 1 saturated heterocycles. The number of amides is 2. The Morgan fingerprint density at radius 3 is 2.65 bits per heavy atom. The Morgan fingerprint density at radius 1 is 1.26 bits per heavy atom. The number of aromatic nitrogens is 2. The first-order valence-corrected chi connectivity index (χ1v) is 10.5. The van der Waals surface area contributed by atoms with E-state index < -0.39 is 61.4 Å². The fourth-order valence-corrected chi connectivity index (χ4v) is 3.47. The molecule has 0 bridgehead atoms. The normalized spacial score (nSPS) is 23.0. The molecule has 1 aromatic carbocycles. The van der Waals surface area contributed by atoms with Crippen LogP contribution in [0.2, 0.25) is 0 Å². The minimum atomic E-state index is -1.35. The van der Waals surface area contributed by atoms with Gasteiger partial charge >= 0.3 is 11.8 Å². The molecule has 0 aliphatic carbocycles. The first kappa shape index (κ1) is 25.1. The zero-order chi connectivity index (χ0) is 24.7. The highest BCUT2D eigenvalue weighted by Crippen LogP contribution is 2.27. The largest absolute Gasteiger partial charge is 0.445 e. The van der Waals surface area contributed by atoms with Crippen molar-refractivity contribution in [2.45, 2.75) is 43.5 Å². The Kier molecular flexibility index (Phi) is 8.54. The van der Waals surface area contributed by atoms with E-state index in [1.165, 1.54) is 12.3 Å². The summed E-state index contributed by atoms with van der Waals surface area (Å²) in [5.74, 6) is -0.775. The van der Waals surface area contributed by atoms with Crippen molar-refractivity contribution in [1.29, 1.82) is 0 Å². The SMILES string of the molecule is Nc1ccn([C@@H]2O[C@H](CO)[C@@H](NC(=O)C(CO)NC(=O)OCc3ccccc3)C[C@H]2O)c(=O)n1. The Balaban J connectivity index is 1.59. The van der Waals surface area contributed by atoms with Gasteiger partial charge in [0.05, 0.1) is 19.3 Å². The lowest BCUT2D eigenvalue weighted by Gasteiger charge is -2.39. The number of hydrogen-bond acceptors (Lipinski definition) is 10. The van der Waals surface area contributed by atoms with E-state index in [0.717, 1.165) is 10.1 Å². The number of nitrogens with two attached hydrogens (primary N) is 1. The van der Waals surface area contributed by atoms with Crippen LogP contribution < -0.4 is 22.1 Å². The third-order valence-corrected chi connectivity index (χ3v) is 5.22. The molecule has 34 heavy (non-hydrogen) atoms. The van der Waals surface area contributed by atoms with E-state index in [4.69, 9.17) is 15.2 Å². The van der Waals surface area contributed by atoms with Crippen LogP contribution in [0, 0.1) is 0 Å². The lowest BCUT2D eigenvalue weighted by Crippen LogP contribution is -2.59.